The number of carbonyl (C=O) groups is 2. The van der Waals surface area contributed by atoms with Crippen molar-refractivity contribution in [2.75, 3.05) is 0 Å². The second-order valence-electron chi connectivity index (χ2n) is 1.47. The molecule has 0 aromatic carbocycles. The number of carbonyl (C=O) groups excluding carboxylic acids is 2. The Morgan fingerprint density at radius 2 is 1.00 bits per heavy atom. The molecule has 80 valence electrons. The van der Waals surface area contributed by atoms with E-state index in [4.69, 9.17) is 0 Å². The molecular weight excluding hydrogens is 166 g/mol. The van der Waals surface area contributed by atoms with Crippen molar-refractivity contribution in [1.82, 2.24) is 5.32 Å². The van der Waals surface area contributed by atoms with Crippen LogP contribution in [0.25, 0.3) is 0 Å². The van der Waals surface area contributed by atoms with E-state index in [9.17, 15) is 9.59 Å². The fourth-order valence-electron chi connectivity index (χ4n) is 0.508. The van der Waals surface area contributed by atoms with Gasteiger partial charge in [0.15, 0.2) is 0 Å². The summed E-state index contributed by atoms with van der Waals surface area (Å²) in [7, 11) is 0. The van der Waals surface area contributed by atoms with Gasteiger partial charge in [0.25, 0.3) is 0 Å². The van der Waals surface area contributed by atoms with Crippen molar-refractivity contribution in [3.05, 3.63) is 0 Å². The summed E-state index contributed by atoms with van der Waals surface area (Å²) >= 11 is 0. The Balaban J connectivity index is -0.000000144. The van der Waals surface area contributed by atoms with Crippen LogP contribution < -0.4 is 5.32 Å². The van der Waals surface area contributed by atoms with E-state index >= 15 is 0 Å². The van der Waals surface area contributed by atoms with Gasteiger partial charge in [0, 0.05) is 12.8 Å². The van der Waals surface area contributed by atoms with Gasteiger partial charge in [0.2, 0.25) is 11.8 Å². The van der Waals surface area contributed by atoms with E-state index in [0.29, 0.717) is 12.8 Å². The molecule has 1 N–H and O–H groups in total. The summed E-state index contributed by atoms with van der Waals surface area (Å²) in [4.78, 5) is 20.2. The third kappa shape index (κ3) is 14.0. The average Bonchev–Trinajstić information content (AvgIpc) is 2.60. The topological polar surface area (TPSA) is 46.2 Å². The molecule has 0 spiro atoms. The van der Waals surface area contributed by atoms with Crippen molar-refractivity contribution in [3.8, 4) is 0 Å². The summed E-state index contributed by atoms with van der Waals surface area (Å²) in [6, 6.07) is 0. The number of nitrogens with one attached hydrogen (secondary N) is 1. The highest BCUT2D eigenvalue weighted by atomic mass is 16.2. The van der Waals surface area contributed by atoms with Crippen molar-refractivity contribution in [1.29, 1.82) is 0 Å². The Labute approximate surface area is 81.9 Å². The lowest BCUT2D eigenvalue weighted by Crippen LogP contribution is -2.18. The van der Waals surface area contributed by atoms with Crippen LogP contribution in [0.3, 0.4) is 0 Å². The molecule has 0 bridgehead atoms. The zero-order chi connectivity index (χ0) is 11.3. The van der Waals surface area contributed by atoms with Crippen LogP contribution in [0, 0.1) is 0 Å². The van der Waals surface area contributed by atoms with Gasteiger partial charge < -0.3 is 0 Å². The van der Waals surface area contributed by atoms with Gasteiger partial charge >= 0.3 is 0 Å². The highest BCUT2D eigenvalue weighted by Gasteiger charge is 2.15. The van der Waals surface area contributed by atoms with Crippen LogP contribution in [-0.2, 0) is 9.59 Å². The molecule has 0 radical (unpaired) electrons. The molecule has 0 aliphatic carbocycles. The Bertz CT molecular complexity index is 108. The minimum absolute atomic E-state index is 0.148. The average molecular weight is 189 g/mol. The highest BCUT2D eigenvalue weighted by molar-refractivity contribution is 6.01. The maximum Gasteiger partial charge on any atom is 0.227 e. The molecule has 2 amide bonds. The van der Waals surface area contributed by atoms with Crippen LogP contribution in [0.1, 0.15) is 54.4 Å². The minimum atomic E-state index is -0.148. The first-order valence-electron chi connectivity index (χ1n) is 5.12. The molecule has 1 aliphatic heterocycles. The SMILES string of the molecule is CC.CC.CC.O=C1CCC(=O)N1. The van der Waals surface area contributed by atoms with Gasteiger partial charge in [0.05, 0.1) is 0 Å². The molecule has 0 aromatic rings. The van der Waals surface area contributed by atoms with Crippen molar-refractivity contribution in [2.45, 2.75) is 54.4 Å². The first kappa shape index (κ1) is 18.0. The monoisotopic (exact) mass is 189 g/mol. The van der Waals surface area contributed by atoms with Gasteiger partial charge in [0.1, 0.15) is 0 Å². The molecule has 3 nitrogen and oxygen atoms in total. The summed E-state index contributed by atoms with van der Waals surface area (Å²) in [5.41, 5.74) is 0. The quantitative estimate of drug-likeness (QED) is 0.595. The standard InChI is InChI=1S/C4H5NO2.3C2H6/c6-3-1-2-4(7)5-3;3*1-2/h1-2H2,(H,5,6,7);3*1-2H3. The number of imide groups is 1. The van der Waals surface area contributed by atoms with Crippen LogP contribution in [0.15, 0.2) is 0 Å². The molecule has 0 aromatic heterocycles. The minimum Gasteiger partial charge on any atom is -0.296 e. The van der Waals surface area contributed by atoms with Crippen molar-refractivity contribution in [2.24, 2.45) is 0 Å². The molecule has 1 fully saturated rings. The number of rotatable bonds is 0. The van der Waals surface area contributed by atoms with E-state index in [0.717, 1.165) is 0 Å². The summed E-state index contributed by atoms with van der Waals surface area (Å²) in [6.45, 7) is 12.0. The van der Waals surface area contributed by atoms with Gasteiger partial charge in [-0.05, 0) is 0 Å². The van der Waals surface area contributed by atoms with E-state index in [2.05, 4.69) is 5.32 Å². The van der Waals surface area contributed by atoms with E-state index in [1.807, 2.05) is 41.5 Å². The molecule has 1 heterocycles. The van der Waals surface area contributed by atoms with Gasteiger partial charge in [-0.25, -0.2) is 0 Å². The Hall–Kier alpha value is -0.860. The molecule has 1 aliphatic rings. The van der Waals surface area contributed by atoms with Gasteiger partial charge in [-0.3, -0.25) is 14.9 Å². The molecule has 13 heavy (non-hydrogen) atoms. The highest BCUT2D eigenvalue weighted by Crippen LogP contribution is 1.95. The van der Waals surface area contributed by atoms with Crippen LogP contribution in [0.4, 0.5) is 0 Å². The molecule has 0 unspecified atom stereocenters. The summed E-state index contributed by atoms with van der Waals surface area (Å²) in [6.07, 6.45) is 0.748. The molecule has 1 saturated heterocycles. The predicted molar refractivity (Wildman–Crippen MR) is 56.4 cm³/mol. The third-order valence-electron chi connectivity index (χ3n) is 0.858. The van der Waals surface area contributed by atoms with Crippen LogP contribution in [0.2, 0.25) is 0 Å². The summed E-state index contributed by atoms with van der Waals surface area (Å²) < 4.78 is 0. The molecule has 1 rings (SSSR count). The van der Waals surface area contributed by atoms with E-state index in [1.165, 1.54) is 0 Å². The normalized spacial score (nSPS) is 12.2. The third-order valence-corrected chi connectivity index (χ3v) is 0.858. The number of hydrogen-bond donors (Lipinski definition) is 1. The van der Waals surface area contributed by atoms with E-state index in [1.54, 1.807) is 0 Å². The van der Waals surface area contributed by atoms with E-state index in [-0.39, 0.29) is 11.8 Å². The van der Waals surface area contributed by atoms with Crippen molar-refractivity contribution in [3.63, 3.8) is 0 Å². The molecule has 0 atom stereocenters. The number of hydrogen-bond acceptors (Lipinski definition) is 2. The van der Waals surface area contributed by atoms with Gasteiger partial charge in [-0.2, -0.15) is 0 Å². The summed E-state index contributed by atoms with van der Waals surface area (Å²) in [5, 5.41) is 2.14. The van der Waals surface area contributed by atoms with Crippen molar-refractivity contribution >= 4 is 11.8 Å². The predicted octanol–water partition coefficient (Wildman–Crippen LogP) is 2.50. The lowest BCUT2D eigenvalue weighted by atomic mass is 10.4. The summed E-state index contributed by atoms with van der Waals surface area (Å²) in [5.74, 6) is -0.296. The van der Waals surface area contributed by atoms with Gasteiger partial charge in [-0.1, -0.05) is 41.5 Å². The second-order valence-corrected chi connectivity index (χ2v) is 1.47. The fraction of sp³-hybridized carbons (Fsp3) is 0.800. The van der Waals surface area contributed by atoms with Crippen molar-refractivity contribution < 1.29 is 9.59 Å². The zero-order valence-corrected chi connectivity index (χ0v) is 9.73. The first-order chi connectivity index (χ1) is 6.29. The Kier molecular flexibility index (Phi) is 24.0. The lowest BCUT2D eigenvalue weighted by Gasteiger charge is -1.79. The van der Waals surface area contributed by atoms with E-state index < -0.39 is 0 Å². The second kappa shape index (κ2) is 17.3. The Morgan fingerprint density at radius 3 is 1.08 bits per heavy atom. The molecule has 3 heteroatoms. The lowest BCUT2D eigenvalue weighted by molar-refractivity contribution is -0.124. The maximum absolute atomic E-state index is 10.1. The van der Waals surface area contributed by atoms with Gasteiger partial charge in [-0.15, -0.1) is 0 Å². The van der Waals surface area contributed by atoms with Crippen LogP contribution >= 0.6 is 0 Å². The van der Waals surface area contributed by atoms with Crippen LogP contribution in [-0.4, -0.2) is 11.8 Å². The molecule has 0 saturated carbocycles. The van der Waals surface area contributed by atoms with Crippen LogP contribution in [0.5, 0.6) is 0 Å². The maximum atomic E-state index is 10.1. The molecular formula is C10H23NO2. The smallest absolute Gasteiger partial charge is 0.227 e. The zero-order valence-electron chi connectivity index (χ0n) is 9.73. The first-order valence-corrected chi connectivity index (χ1v) is 5.12. The fourth-order valence-corrected chi connectivity index (χ4v) is 0.508. The Morgan fingerprint density at radius 1 is 0.769 bits per heavy atom. The number of amides is 2. The largest absolute Gasteiger partial charge is 0.296 e.